The Bertz CT molecular complexity index is 509. The van der Waals surface area contributed by atoms with Crippen molar-refractivity contribution >= 4 is 29.2 Å². The second-order valence-corrected chi connectivity index (χ2v) is 5.02. The lowest BCUT2D eigenvalue weighted by Crippen LogP contribution is -2.17. The van der Waals surface area contributed by atoms with Gasteiger partial charge in [-0.3, -0.25) is 14.4 Å². The van der Waals surface area contributed by atoms with Gasteiger partial charge in [-0.1, -0.05) is 13.8 Å². The van der Waals surface area contributed by atoms with Crippen LogP contribution in [0.4, 0.5) is 11.4 Å². The zero-order valence-electron chi connectivity index (χ0n) is 12.4. The van der Waals surface area contributed by atoms with Gasteiger partial charge in [0.15, 0.2) is 0 Å². The second kappa shape index (κ2) is 8.04. The van der Waals surface area contributed by atoms with E-state index in [2.05, 4.69) is 15.4 Å². The highest BCUT2D eigenvalue weighted by Gasteiger charge is 2.10. The Morgan fingerprint density at radius 1 is 1.00 bits per heavy atom. The largest absolute Gasteiger partial charge is 0.469 e. The third-order valence-corrected chi connectivity index (χ3v) is 2.58. The quantitative estimate of drug-likeness (QED) is 0.621. The van der Waals surface area contributed by atoms with Crippen LogP contribution < -0.4 is 10.6 Å². The van der Waals surface area contributed by atoms with Crippen LogP contribution in [-0.4, -0.2) is 24.9 Å². The number of carbonyl (C=O) groups is 3. The molecule has 114 valence electrons. The molecule has 6 nitrogen and oxygen atoms in total. The molecule has 0 aliphatic heterocycles. The smallest absolute Gasteiger partial charge is 0.315 e. The van der Waals surface area contributed by atoms with Crippen molar-refractivity contribution in [2.75, 3.05) is 17.7 Å². The molecular formula is C15H20N2O4. The number of rotatable bonds is 6. The predicted molar refractivity (Wildman–Crippen MR) is 79.8 cm³/mol. The summed E-state index contributed by atoms with van der Waals surface area (Å²) in [6.45, 7) is 3.94. The minimum Gasteiger partial charge on any atom is -0.469 e. The van der Waals surface area contributed by atoms with Crippen molar-refractivity contribution in [3.05, 3.63) is 24.3 Å². The first-order valence-electron chi connectivity index (χ1n) is 6.67. The second-order valence-electron chi connectivity index (χ2n) is 5.02. The molecule has 1 aromatic carbocycles. The molecular weight excluding hydrogens is 272 g/mol. The van der Waals surface area contributed by atoms with Crippen LogP contribution in [0.3, 0.4) is 0 Å². The Kier molecular flexibility index (Phi) is 6.39. The number of benzene rings is 1. The first kappa shape index (κ1) is 16.7. The normalized spacial score (nSPS) is 10.1. The summed E-state index contributed by atoms with van der Waals surface area (Å²) in [6.07, 6.45) is 0.126. The first-order valence-corrected chi connectivity index (χ1v) is 6.67. The van der Waals surface area contributed by atoms with Gasteiger partial charge in [0.2, 0.25) is 11.8 Å². The molecule has 0 spiro atoms. The highest BCUT2D eigenvalue weighted by Crippen LogP contribution is 2.14. The minimum atomic E-state index is -0.593. The first-order chi connectivity index (χ1) is 9.90. The highest BCUT2D eigenvalue weighted by atomic mass is 16.5. The molecule has 1 rings (SSSR count). The molecule has 0 aliphatic carbocycles. The van der Waals surface area contributed by atoms with Crippen molar-refractivity contribution in [1.82, 2.24) is 0 Å². The van der Waals surface area contributed by atoms with E-state index in [9.17, 15) is 14.4 Å². The van der Waals surface area contributed by atoms with Gasteiger partial charge in [0.05, 0.1) is 7.11 Å². The maximum absolute atomic E-state index is 11.6. The SMILES string of the molecule is COC(=O)CC(=O)Nc1ccc(NC(=O)CC(C)C)cc1. The van der Waals surface area contributed by atoms with Gasteiger partial charge in [0.1, 0.15) is 6.42 Å². The zero-order valence-corrected chi connectivity index (χ0v) is 12.4. The topological polar surface area (TPSA) is 84.5 Å². The van der Waals surface area contributed by atoms with Crippen LogP contribution in [0.25, 0.3) is 0 Å². The Balaban J connectivity index is 2.52. The molecule has 0 fully saturated rings. The molecule has 0 aromatic heterocycles. The molecule has 0 radical (unpaired) electrons. The molecule has 1 aromatic rings. The van der Waals surface area contributed by atoms with Crippen molar-refractivity contribution in [3.8, 4) is 0 Å². The Morgan fingerprint density at radius 3 is 1.90 bits per heavy atom. The van der Waals surface area contributed by atoms with Crippen LogP contribution in [0.2, 0.25) is 0 Å². The van der Waals surface area contributed by atoms with Crippen molar-refractivity contribution in [2.24, 2.45) is 5.92 Å². The highest BCUT2D eigenvalue weighted by molar-refractivity contribution is 6.02. The van der Waals surface area contributed by atoms with Gasteiger partial charge >= 0.3 is 5.97 Å². The monoisotopic (exact) mass is 292 g/mol. The van der Waals surface area contributed by atoms with Crippen molar-refractivity contribution < 1.29 is 19.1 Å². The van der Waals surface area contributed by atoms with E-state index in [4.69, 9.17) is 0 Å². The van der Waals surface area contributed by atoms with Gasteiger partial charge in [-0.2, -0.15) is 0 Å². The summed E-state index contributed by atoms with van der Waals surface area (Å²) in [4.78, 5) is 34.0. The van der Waals surface area contributed by atoms with Crippen LogP contribution in [-0.2, 0) is 19.1 Å². The van der Waals surface area contributed by atoms with E-state index in [-0.39, 0.29) is 12.3 Å². The van der Waals surface area contributed by atoms with Crippen molar-refractivity contribution in [2.45, 2.75) is 26.7 Å². The molecule has 0 bridgehead atoms. The number of anilines is 2. The van der Waals surface area contributed by atoms with Gasteiger partial charge in [-0.05, 0) is 30.2 Å². The summed E-state index contributed by atoms with van der Waals surface area (Å²) >= 11 is 0. The van der Waals surface area contributed by atoms with Gasteiger partial charge in [0.25, 0.3) is 0 Å². The molecule has 6 heteroatoms. The van der Waals surface area contributed by atoms with Crippen LogP contribution in [0, 0.1) is 5.92 Å². The number of nitrogens with one attached hydrogen (secondary N) is 2. The van der Waals surface area contributed by atoms with Gasteiger partial charge in [-0.25, -0.2) is 0 Å². The molecule has 0 heterocycles. The Morgan fingerprint density at radius 2 is 1.48 bits per heavy atom. The van der Waals surface area contributed by atoms with E-state index in [1.54, 1.807) is 24.3 Å². The van der Waals surface area contributed by atoms with E-state index >= 15 is 0 Å². The average Bonchev–Trinajstić information content (AvgIpc) is 2.39. The lowest BCUT2D eigenvalue weighted by atomic mass is 10.1. The number of methoxy groups -OCH3 is 1. The summed E-state index contributed by atoms with van der Waals surface area (Å²) in [6, 6.07) is 6.68. The van der Waals surface area contributed by atoms with Crippen LogP contribution >= 0.6 is 0 Å². The maximum atomic E-state index is 11.6. The number of carbonyl (C=O) groups excluding carboxylic acids is 3. The lowest BCUT2D eigenvalue weighted by molar-refractivity contribution is -0.142. The fourth-order valence-electron chi connectivity index (χ4n) is 1.63. The summed E-state index contributed by atoms with van der Waals surface area (Å²) < 4.78 is 4.41. The molecule has 21 heavy (non-hydrogen) atoms. The molecule has 0 saturated carbocycles. The minimum absolute atomic E-state index is 0.0486. The summed E-state index contributed by atoms with van der Waals surface area (Å²) in [5, 5.41) is 5.34. The van der Waals surface area contributed by atoms with Crippen molar-refractivity contribution in [3.63, 3.8) is 0 Å². The summed E-state index contributed by atoms with van der Waals surface area (Å²) in [5.74, 6) is -0.794. The average molecular weight is 292 g/mol. The lowest BCUT2D eigenvalue weighted by Gasteiger charge is -2.08. The molecule has 0 aliphatic rings. The number of hydrogen-bond donors (Lipinski definition) is 2. The Hall–Kier alpha value is -2.37. The molecule has 2 amide bonds. The van der Waals surface area contributed by atoms with Gasteiger partial charge in [0, 0.05) is 17.8 Å². The zero-order chi connectivity index (χ0) is 15.8. The Labute approximate surface area is 123 Å². The number of amides is 2. The van der Waals surface area contributed by atoms with E-state index in [0.717, 1.165) is 0 Å². The van der Waals surface area contributed by atoms with E-state index in [0.29, 0.717) is 23.7 Å². The molecule has 0 unspecified atom stereocenters. The van der Waals surface area contributed by atoms with Crippen LogP contribution in [0.5, 0.6) is 0 Å². The third kappa shape index (κ3) is 6.56. The predicted octanol–water partition coefficient (Wildman–Crippen LogP) is 2.17. The maximum Gasteiger partial charge on any atom is 0.315 e. The van der Waals surface area contributed by atoms with Gasteiger partial charge in [-0.15, -0.1) is 0 Å². The number of hydrogen-bond acceptors (Lipinski definition) is 4. The summed E-state index contributed by atoms with van der Waals surface area (Å²) in [5.41, 5.74) is 1.21. The van der Waals surface area contributed by atoms with E-state index < -0.39 is 11.9 Å². The standard InChI is InChI=1S/C15H20N2O4/c1-10(2)8-13(18)16-11-4-6-12(7-5-11)17-14(19)9-15(20)21-3/h4-7,10H,8-9H2,1-3H3,(H,16,18)(H,17,19). The number of esters is 1. The van der Waals surface area contributed by atoms with E-state index in [1.165, 1.54) is 7.11 Å². The van der Waals surface area contributed by atoms with E-state index in [1.807, 2.05) is 13.8 Å². The fourth-order valence-corrected chi connectivity index (χ4v) is 1.63. The summed E-state index contributed by atoms with van der Waals surface area (Å²) in [7, 11) is 1.23. The molecule has 0 saturated heterocycles. The van der Waals surface area contributed by atoms with Crippen molar-refractivity contribution in [1.29, 1.82) is 0 Å². The molecule has 0 atom stereocenters. The fraction of sp³-hybridized carbons (Fsp3) is 0.400. The molecule has 2 N–H and O–H groups in total. The third-order valence-electron chi connectivity index (χ3n) is 2.58. The van der Waals surface area contributed by atoms with Crippen LogP contribution in [0.1, 0.15) is 26.7 Å². The van der Waals surface area contributed by atoms with Crippen LogP contribution in [0.15, 0.2) is 24.3 Å². The number of ether oxygens (including phenoxy) is 1. The van der Waals surface area contributed by atoms with Gasteiger partial charge < -0.3 is 15.4 Å².